The Balaban J connectivity index is 3.09. The van der Waals surface area contributed by atoms with Crippen molar-refractivity contribution in [3.05, 3.63) is 11.4 Å². The number of rotatable bonds is 7. The van der Waals surface area contributed by atoms with Gasteiger partial charge in [-0.1, -0.05) is 27.7 Å². The number of anilines is 2. The van der Waals surface area contributed by atoms with Gasteiger partial charge in [-0.15, -0.1) is 0 Å². The van der Waals surface area contributed by atoms with E-state index in [0.29, 0.717) is 12.0 Å². The summed E-state index contributed by atoms with van der Waals surface area (Å²) in [5.74, 6) is 3.16. The van der Waals surface area contributed by atoms with Gasteiger partial charge >= 0.3 is 0 Å². The second-order valence-electron chi connectivity index (χ2n) is 5.44. The van der Waals surface area contributed by atoms with Gasteiger partial charge in [0.05, 0.1) is 0 Å². The predicted octanol–water partition coefficient (Wildman–Crippen LogP) is 3.94. The smallest absolute Gasteiger partial charge is 0.135 e. The van der Waals surface area contributed by atoms with Gasteiger partial charge in [-0.2, -0.15) is 0 Å². The number of nitrogens with zero attached hydrogens (tertiary/aromatic N) is 2. The minimum Gasteiger partial charge on any atom is -0.370 e. The maximum Gasteiger partial charge on any atom is 0.135 e. The topological polar surface area (TPSA) is 49.8 Å². The van der Waals surface area contributed by atoms with Crippen LogP contribution < -0.4 is 10.6 Å². The van der Waals surface area contributed by atoms with Crippen LogP contribution in [0.3, 0.4) is 0 Å². The summed E-state index contributed by atoms with van der Waals surface area (Å²) in [5.41, 5.74) is 1.11. The highest BCUT2D eigenvalue weighted by molar-refractivity contribution is 5.57. The standard InChI is InChI=1S/C15H28N4/c1-7-9-16-14-12(6)15(17-11(5)8-2)19-13(18-14)10(3)4/h10-11H,7-9H2,1-6H3,(H2,16,17,18,19). The summed E-state index contributed by atoms with van der Waals surface area (Å²) in [4.78, 5) is 9.31. The molecule has 0 saturated carbocycles. The summed E-state index contributed by atoms with van der Waals surface area (Å²) in [6, 6.07) is 0.424. The van der Waals surface area contributed by atoms with Crippen molar-refractivity contribution in [3.63, 3.8) is 0 Å². The minimum absolute atomic E-state index is 0.334. The molecular formula is C15H28N4. The van der Waals surface area contributed by atoms with Crippen molar-refractivity contribution in [1.29, 1.82) is 0 Å². The molecule has 1 rings (SSSR count). The van der Waals surface area contributed by atoms with E-state index < -0.39 is 0 Å². The van der Waals surface area contributed by atoms with E-state index in [-0.39, 0.29) is 0 Å². The molecule has 0 saturated heterocycles. The van der Waals surface area contributed by atoms with E-state index >= 15 is 0 Å². The van der Waals surface area contributed by atoms with Crippen molar-refractivity contribution < 1.29 is 0 Å². The van der Waals surface area contributed by atoms with E-state index in [0.717, 1.165) is 42.4 Å². The van der Waals surface area contributed by atoms with Crippen LogP contribution in [0.1, 0.15) is 64.8 Å². The third kappa shape index (κ3) is 4.37. The van der Waals surface area contributed by atoms with Gasteiger partial charge in [-0.25, -0.2) is 9.97 Å². The molecule has 1 heterocycles. The van der Waals surface area contributed by atoms with Crippen LogP contribution >= 0.6 is 0 Å². The second-order valence-corrected chi connectivity index (χ2v) is 5.44. The van der Waals surface area contributed by atoms with E-state index in [4.69, 9.17) is 0 Å². The van der Waals surface area contributed by atoms with Crippen LogP contribution in [0.2, 0.25) is 0 Å². The van der Waals surface area contributed by atoms with Gasteiger partial charge in [0.1, 0.15) is 17.5 Å². The van der Waals surface area contributed by atoms with Crippen LogP contribution in [0.5, 0.6) is 0 Å². The number of nitrogens with one attached hydrogen (secondary N) is 2. The molecule has 19 heavy (non-hydrogen) atoms. The third-order valence-corrected chi connectivity index (χ3v) is 3.22. The van der Waals surface area contributed by atoms with Gasteiger partial charge < -0.3 is 10.6 Å². The van der Waals surface area contributed by atoms with Crippen molar-refractivity contribution in [2.45, 2.75) is 66.3 Å². The quantitative estimate of drug-likeness (QED) is 0.783. The van der Waals surface area contributed by atoms with Crippen molar-refractivity contribution >= 4 is 11.6 Å². The first-order valence-corrected chi connectivity index (χ1v) is 7.38. The minimum atomic E-state index is 0.334. The average molecular weight is 264 g/mol. The zero-order valence-electron chi connectivity index (χ0n) is 13.2. The largest absolute Gasteiger partial charge is 0.370 e. The Morgan fingerprint density at radius 3 is 2.21 bits per heavy atom. The molecule has 0 aliphatic carbocycles. The summed E-state index contributed by atoms with van der Waals surface area (Å²) in [6.45, 7) is 13.8. The summed E-state index contributed by atoms with van der Waals surface area (Å²) < 4.78 is 0. The Hall–Kier alpha value is -1.32. The molecule has 0 aliphatic rings. The first-order valence-electron chi connectivity index (χ1n) is 7.38. The van der Waals surface area contributed by atoms with E-state index in [2.05, 4.69) is 62.1 Å². The predicted molar refractivity (Wildman–Crippen MR) is 83.0 cm³/mol. The Labute approximate surface area is 117 Å². The van der Waals surface area contributed by atoms with Crippen LogP contribution in [-0.2, 0) is 0 Å². The highest BCUT2D eigenvalue weighted by Crippen LogP contribution is 2.24. The summed E-state index contributed by atoms with van der Waals surface area (Å²) >= 11 is 0. The fourth-order valence-corrected chi connectivity index (χ4v) is 1.68. The Morgan fingerprint density at radius 2 is 1.68 bits per heavy atom. The van der Waals surface area contributed by atoms with E-state index in [1.807, 2.05) is 0 Å². The van der Waals surface area contributed by atoms with Crippen molar-refractivity contribution in [2.24, 2.45) is 0 Å². The molecule has 0 spiro atoms. The molecule has 4 nitrogen and oxygen atoms in total. The lowest BCUT2D eigenvalue weighted by Crippen LogP contribution is -2.18. The van der Waals surface area contributed by atoms with Gasteiger partial charge in [0.2, 0.25) is 0 Å². The van der Waals surface area contributed by atoms with Crippen molar-refractivity contribution in [2.75, 3.05) is 17.2 Å². The van der Waals surface area contributed by atoms with Gasteiger partial charge in [-0.3, -0.25) is 0 Å². The van der Waals surface area contributed by atoms with Gasteiger partial charge in [-0.05, 0) is 26.7 Å². The molecule has 2 N–H and O–H groups in total. The van der Waals surface area contributed by atoms with Crippen LogP contribution in [0.15, 0.2) is 0 Å². The average Bonchev–Trinajstić information content (AvgIpc) is 2.39. The van der Waals surface area contributed by atoms with Gasteiger partial charge in [0.15, 0.2) is 0 Å². The second kappa shape index (κ2) is 7.31. The maximum atomic E-state index is 4.67. The maximum absolute atomic E-state index is 4.67. The van der Waals surface area contributed by atoms with E-state index in [1.54, 1.807) is 0 Å². The van der Waals surface area contributed by atoms with Crippen LogP contribution in [-0.4, -0.2) is 22.6 Å². The zero-order valence-corrected chi connectivity index (χ0v) is 13.2. The number of hydrogen-bond donors (Lipinski definition) is 2. The Bertz CT molecular complexity index is 401. The van der Waals surface area contributed by atoms with E-state index in [9.17, 15) is 0 Å². The molecule has 4 heteroatoms. The van der Waals surface area contributed by atoms with Crippen LogP contribution in [0.4, 0.5) is 11.6 Å². The monoisotopic (exact) mass is 264 g/mol. The third-order valence-electron chi connectivity index (χ3n) is 3.22. The van der Waals surface area contributed by atoms with Gasteiger partial charge in [0, 0.05) is 24.1 Å². The fourth-order valence-electron chi connectivity index (χ4n) is 1.68. The van der Waals surface area contributed by atoms with Crippen LogP contribution in [0.25, 0.3) is 0 Å². The zero-order chi connectivity index (χ0) is 14.4. The molecule has 1 aromatic rings. The lowest BCUT2D eigenvalue weighted by Gasteiger charge is -2.19. The molecule has 0 radical (unpaired) electrons. The van der Waals surface area contributed by atoms with E-state index in [1.165, 1.54) is 0 Å². The molecular weight excluding hydrogens is 236 g/mol. The molecule has 0 amide bonds. The molecule has 1 unspecified atom stereocenters. The first kappa shape index (κ1) is 15.7. The highest BCUT2D eigenvalue weighted by atomic mass is 15.1. The molecule has 0 aromatic carbocycles. The molecule has 0 fully saturated rings. The lowest BCUT2D eigenvalue weighted by atomic mass is 10.2. The van der Waals surface area contributed by atoms with Crippen molar-refractivity contribution in [3.8, 4) is 0 Å². The van der Waals surface area contributed by atoms with Gasteiger partial charge in [0.25, 0.3) is 0 Å². The normalized spacial score (nSPS) is 12.6. The molecule has 0 bridgehead atoms. The Morgan fingerprint density at radius 1 is 1.05 bits per heavy atom. The molecule has 1 atom stereocenters. The molecule has 108 valence electrons. The molecule has 0 aliphatic heterocycles. The fraction of sp³-hybridized carbons (Fsp3) is 0.733. The lowest BCUT2D eigenvalue weighted by molar-refractivity contribution is 0.738. The first-order chi connectivity index (χ1) is 8.99. The number of hydrogen-bond acceptors (Lipinski definition) is 4. The van der Waals surface area contributed by atoms with Crippen molar-refractivity contribution in [1.82, 2.24) is 9.97 Å². The summed E-state index contributed by atoms with van der Waals surface area (Å²) in [6.07, 6.45) is 2.17. The number of aromatic nitrogens is 2. The molecule has 1 aromatic heterocycles. The Kier molecular flexibility index (Phi) is 6.06. The van der Waals surface area contributed by atoms with Crippen LogP contribution in [0, 0.1) is 6.92 Å². The SMILES string of the molecule is CCCNc1nc(C(C)C)nc(NC(C)CC)c1C. The highest BCUT2D eigenvalue weighted by Gasteiger charge is 2.13. The summed E-state index contributed by atoms with van der Waals surface area (Å²) in [7, 11) is 0. The summed E-state index contributed by atoms with van der Waals surface area (Å²) in [5, 5.41) is 6.88.